The summed E-state index contributed by atoms with van der Waals surface area (Å²) in [6.07, 6.45) is 3.95. The first-order valence-electron chi connectivity index (χ1n) is 13.9. The number of para-hydroxylation sites is 2. The molecule has 0 aliphatic rings. The number of halogens is 1. The second-order valence-electron chi connectivity index (χ2n) is 9.87. The predicted molar refractivity (Wildman–Crippen MR) is 163 cm³/mol. The Bertz CT molecular complexity index is 1510. The van der Waals surface area contributed by atoms with Gasteiger partial charge in [-0.25, -0.2) is 4.98 Å². The quantitative estimate of drug-likeness (QED) is 0.154. The smallest absolute Gasteiger partial charge is 0.224 e. The van der Waals surface area contributed by atoms with Crippen LogP contribution in [-0.2, 0) is 24.2 Å². The molecule has 0 radical (unpaired) electrons. The third-order valence-corrected chi connectivity index (χ3v) is 7.17. The summed E-state index contributed by atoms with van der Waals surface area (Å²) >= 11 is 5.95. The number of amides is 1. The van der Waals surface area contributed by atoms with Gasteiger partial charge in [-0.1, -0.05) is 78.3 Å². The normalized spacial score (nSPS) is 11.0. The number of aryl methyl sites for hydroxylation is 2. The van der Waals surface area contributed by atoms with E-state index in [1.165, 1.54) is 5.56 Å². The van der Waals surface area contributed by atoms with Crippen LogP contribution in [0.1, 0.15) is 30.7 Å². The molecule has 1 aromatic heterocycles. The Morgan fingerprint density at radius 2 is 1.52 bits per heavy atom. The molecule has 1 N–H and O–H groups in total. The number of carbonyl (C=O) groups excluding carboxylic acids is 1. The Morgan fingerprint density at radius 1 is 0.800 bits per heavy atom. The molecule has 5 aromatic rings. The van der Waals surface area contributed by atoms with Gasteiger partial charge in [0.2, 0.25) is 5.91 Å². The third kappa shape index (κ3) is 7.51. The lowest BCUT2D eigenvalue weighted by Crippen LogP contribution is -2.26. The van der Waals surface area contributed by atoms with Crippen molar-refractivity contribution in [3.05, 3.63) is 120 Å². The van der Waals surface area contributed by atoms with E-state index < -0.39 is 0 Å². The second kappa shape index (κ2) is 13.8. The zero-order chi connectivity index (χ0) is 27.6. The van der Waals surface area contributed by atoms with E-state index in [-0.39, 0.29) is 5.91 Å². The predicted octanol–water partition coefficient (Wildman–Crippen LogP) is 7.51. The van der Waals surface area contributed by atoms with E-state index in [1.54, 1.807) is 0 Å². The van der Waals surface area contributed by atoms with E-state index in [4.69, 9.17) is 21.3 Å². The number of hydrogen-bond acceptors (Lipinski definition) is 3. The highest BCUT2D eigenvalue weighted by molar-refractivity contribution is 6.30. The molecule has 40 heavy (non-hydrogen) atoms. The Morgan fingerprint density at radius 3 is 2.33 bits per heavy atom. The van der Waals surface area contributed by atoms with Gasteiger partial charge in [0.05, 0.1) is 24.1 Å². The average Bonchev–Trinajstić information content (AvgIpc) is 3.34. The van der Waals surface area contributed by atoms with Gasteiger partial charge in [0, 0.05) is 24.5 Å². The highest BCUT2D eigenvalue weighted by Gasteiger charge is 2.11. The van der Waals surface area contributed by atoms with Gasteiger partial charge in [-0.3, -0.25) is 4.79 Å². The largest absolute Gasteiger partial charge is 0.494 e. The van der Waals surface area contributed by atoms with Gasteiger partial charge < -0.3 is 14.6 Å². The van der Waals surface area contributed by atoms with Crippen LogP contribution < -0.4 is 10.1 Å². The van der Waals surface area contributed by atoms with Crippen LogP contribution in [0.5, 0.6) is 5.75 Å². The molecule has 0 saturated carbocycles. The first kappa shape index (κ1) is 27.5. The minimum atomic E-state index is 0.0432. The zero-order valence-corrected chi connectivity index (χ0v) is 23.3. The number of benzene rings is 4. The van der Waals surface area contributed by atoms with Gasteiger partial charge in [0.25, 0.3) is 0 Å². The summed E-state index contributed by atoms with van der Waals surface area (Å²) in [5.41, 5.74) is 5.51. The van der Waals surface area contributed by atoms with Crippen LogP contribution in [0.15, 0.2) is 103 Å². The maximum atomic E-state index is 12.6. The van der Waals surface area contributed by atoms with Crippen LogP contribution in [0.4, 0.5) is 0 Å². The molecule has 0 unspecified atom stereocenters. The highest BCUT2D eigenvalue weighted by Crippen LogP contribution is 2.21. The van der Waals surface area contributed by atoms with E-state index >= 15 is 0 Å². The van der Waals surface area contributed by atoms with Crippen LogP contribution in [0.25, 0.3) is 22.2 Å². The van der Waals surface area contributed by atoms with Crippen molar-refractivity contribution in [1.82, 2.24) is 14.9 Å². The molecule has 5 nitrogen and oxygen atoms in total. The molecule has 6 heteroatoms. The first-order chi connectivity index (χ1) is 19.7. The summed E-state index contributed by atoms with van der Waals surface area (Å²) in [5, 5.41) is 3.79. The van der Waals surface area contributed by atoms with Crippen LogP contribution in [0, 0.1) is 0 Å². The summed E-state index contributed by atoms with van der Waals surface area (Å²) < 4.78 is 8.16. The fourth-order valence-electron chi connectivity index (χ4n) is 4.83. The molecule has 0 atom stereocenters. The van der Waals surface area contributed by atoms with Gasteiger partial charge in [-0.15, -0.1) is 0 Å². The van der Waals surface area contributed by atoms with Crippen molar-refractivity contribution < 1.29 is 9.53 Å². The molecule has 1 amide bonds. The number of unbranched alkanes of at least 4 members (excludes halogenated alkanes) is 1. The molecule has 0 bridgehead atoms. The fraction of sp³-hybridized carbons (Fsp3) is 0.235. The van der Waals surface area contributed by atoms with Crippen LogP contribution in [0.3, 0.4) is 0 Å². The van der Waals surface area contributed by atoms with Gasteiger partial charge in [0.15, 0.2) is 0 Å². The topological polar surface area (TPSA) is 56.2 Å². The summed E-state index contributed by atoms with van der Waals surface area (Å²) in [7, 11) is 0. The van der Waals surface area contributed by atoms with Crippen molar-refractivity contribution in [1.29, 1.82) is 0 Å². The molecule has 4 aromatic carbocycles. The number of rotatable bonds is 13. The highest BCUT2D eigenvalue weighted by atomic mass is 35.5. The van der Waals surface area contributed by atoms with Crippen molar-refractivity contribution in [3.8, 4) is 16.9 Å². The lowest BCUT2D eigenvalue weighted by atomic mass is 10.0. The fourth-order valence-corrected chi connectivity index (χ4v) is 4.95. The van der Waals surface area contributed by atoms with Crippen LogP contribution >= 0.6 is 11.6 Å². The van der Waals surface area contributed by atoms with Crippen molar-refractivity contribution in [2.45, 2.75) is 38.6 Å². The molecule has 0 spiro atoms. The van der Waals surface area contributed by atoms with E-state index in [0.29, 0.717) is 24.6 Å². The van der Waals surface area contributed by atoms with Gasteiger partial charge in [-0.05, 0) is 72.4 Å². The molecule has 0 aliphatic heterocycles. The Balaban J connectivity index is 1.08. The van der Waals surface area contributed by atoms with Crippen LogP contribution in [-0.4, -0.2) is 28.6 Å². The standard InChI is InChI=1S/C34H34ClN3O2/c35-29-18-20-30(21-19-29)40-24-7-6-23-38-32-12-5-4-11-31(32)37-33(38)13-8-22-36-34(39)25-26-14-16-28(17-15-26)27-9-2-1-3-10-27/h1-5,9-12,14-21H,6-8,13,22-25H2,(H,36,39). The van der Waals surface area contributed by atoms with Crippen molar-refractivity contribution in [3.63, 3.8) is 0 Å². The minimum Gasteiger partial charge on any atom is -0.494 e. The average molecular weight is 552 g/mol. The van der Waals surface area contributed by atoms with E-state index in [0.717, 1.165) is 66.0 Å². The van der Waals surface area contributed by atoms with Gasteiger partial charge in [-0.2, -0.15) is 0 Å². The van der Waals surface area contributed by atoms with Crippen molar-refractivity contribution in [2.24, 2.45) is 0 Å². The van der Waals surface area contributed by atoms with Gasteiger partial charge in [0.1, 0.15) is 11.6 Å². The number of ether oxygens (including phenoxy) is 1. The third-order valence-electron chi connectivity index (χ3n) is 6.92. The molecule has 0 fully saturated rings. The number of nitrogens with zero attached hydrogens (tertiary/aromatic N) is 2. The van der Waals surface area contributed by atoms with Crippen molar-refractivity contribution in [2.75, 3.05) is 13.2 Å². The number of aromatic nitrogens is 2. The lowest BCUT2D eigenvalue weighted by molar-refractivity contribution is -0.120. The molecular weight excluding hydrogens is 518 g/mol. The number of nitrogens with one attached hydrogen (secondary N) is 1. The minimum absolute atomic E-state index is 0.0432. The Kier molecular flexibility index (Phi) is 9.49. The molecule has 0 saturated heterocycles. The van der Waals surface area contributed by atoms with Crippen LogP contribution in [0.2, 0.25) is 5.02 Å². The summed E-state index contributed by atoms with van der Waals surface area (Å²) in [6.45, 7) is 2.16. The lowest BCUT2D eigenvalue weighted by Gasteiger charge is -2.11. The van der Waals surface area contributed by atoms with E-state index in [1.807, 2.05) is 60.7 Å². The molecule has 0 aliphatic carbocycles. The van der Waals surface area contributed by atoms with Gasteiger partial charge >= 0.3 is 0 Å². The summed E-state index contributed by atoms with van der Waals surface area (Å²) in [6, 6.07) is 34.2. The van der Waals surface area contributed by atoms with E-state index in [9.17, 15) is 4.79 Å². The monoisotopic (exact) mass is 551 g/mol. The van der Waals surface area contributed by atoms with Crippen molar-refractivity contribution >= 4 is 28.5 Å². The number of hydrogen-bond donors (Lipinski definition) is 1. The number of fused-ring (bicyclic) bond motifs is 1. The van der Waals surface area contributed by atoms with E-state index in [2.05, 4.69) is 52.3 Å². The second-order valence-corrected chi connectivity index (χ2v) is 10.3. The molecule has 5 rings (SSSR count). The Labute approximate surface area is 240 Å². The number of carbonyl (C=O) groups is 1. The Hall–Kier alpha value is -4.09. The number of imidazole rings is 1. The summed E-state index contributed by atoms with van der Waals surface area (Å²) in [4.78, 5) is 17.4. The SMILES string of the molecule is O=C(Cc1ccc(-c2ccccc2)cc1)NCCCc1nc2ccccc2n1CCCCOc1ccc(Cl)cc1. The summed E-state index contributed by atoms with van der Waals surface area (Å²) in [5.74, 6) is 1.94. The zero-order valence-electron chi connectivity index (χ0n) is 22.6. The molecule has 204 valence electrons. The molecule has 1 heterocycles. The molecular formula is C34H34ClN3O2. The maximum Gasteiger partial charge on any atom is 0.224 e. The maximum absolute atomic E-state index is 12.6. The first-order valence-corrected chi connectivity index (χ1v) is 14.3.